The van der Waals surface area contributed by atoms with E-state index in [0.29, 0.717) is 13.2 Å². The predicted octanol–water partition coefficient (Wildman–Crippen LogP) is 1.10. The fraction of sp³-hybridized carbons (Fsp3) is 1.00. The smallest absolute Gasteiger partial charge is 0.0712 e. The van der Waals surface area contributed by atoms with E-state index in [-0.39, 0.29) is 19.3 Å². The Morgan fingerprint density at radius 3 is 1.62 bits per heavy atom. The third-order valence-corrected chi connectivity index (χ3v) is 1.96. The van der Waals surface area contributed by atoms with Crippen molar-refractivity contribution in [3.63, 3.8) is 0 Å². The first-order valence-electron chi connectivity index (χ1n) is 5.99. The third-order valence-electron chi connectivity index (χ3n) is 1.96. The molecule has 0 aromatic rings. The Balaban J connectivity index is 3.54. The minimum Gasteiger partial charge on any atom is -0.396 e. The summed E-state index contributed by atoms with van der Waals surface area (Å²) in [5, 5.41) is 18.7. The second-order valence-electron chi connectivity index (χ2n) is 3.91. The number of unbranched alkanes of at least 4 members (excludes halogenated alkanes) is 2. The molecule has 0 heterocycles. The van der Waals surface area contributed by atoms with Crippen molar-refractivity contribution in [1.29, 1.82) is 0 Å². The normalized spacial score (nSPS) is 11.6. The summed E-state index contributed by atoms with van der Waals surface area (Å²) in [4.78, 5) is 10.8. The second kappa shape index (κ2) is 11.3. The molecule has 16 heavy (non-hydrogen) atoms. The lowest BCUT2D eigenvalue weighted by Crippen LogP contribution is -2.32. The molecule has 0 radical (unpaired) electrons. The number of hydroxylamine groups is 2. The van der Waals surface area contributed by atoms with Gasteiger partial charge in [-0.15, -0.1) is 0 Å². The number of hydrogen-bond donors (Lipinski definition) is 2. The first-order valence-corrected chi connectivity index (χ1v) is 5.99. The molecule has 0 aliphatic rings. The van der Waals surface area contributed by atoms with Crippen LogP contribution in [-0.2, 0) is 9.68 Å². The van der Waals surface area contributed by atoms with E-state index in [4.69, 9.17) is 19.9 Å². The lowest BCUT2D eigenvalue weighted by Gasteiger charge is -2.24. The van der Waals surface area contributed by atoms with Gasteiger partial charge in [-0.1, -0.05) is 5.23 Å². The van der Waals surface area contributed by atoms with Gasteiger partial charge in [0.05, 0.1) is 19.3 Å². The van der Waals surface area contributed by atoms with Crippen LogP contribution in [0.25, 0.3) is 0 Å². The Kier molecular flexibility index (Phi) is 11.1. The highest BCUT2D eigenvalue weighted by molar-refractivity contribution is 4.43. The molecule has 0 aromatic heterocycles. The summed E-state index contributed by atoms with van der Waals surface area (Å²) in [7, 11) is 0. The maximum absolute atomic E-state index is 8.62. The van der Waals surface area contributed by atoms with Crippen LogP contribution >= 0.6 is 0 Å². The average molecular weight is 235 g/mol. The van der Waals surface area contributed by atoms with Crippen molar-refractivity contribution < 1.29 is 19.9 Å². The van der Waals surface area contributed by atoms with Crippen molar-refractivity contribution in [2.75, 3.05) is 26.4 Å². The van der Waals surface area contributed by atoms with Crippen LogP contribution < -0.4 is 0 Å². The monoisotopic (exact) mass is 235 g/mol. The van der Waals surface area contributed by atoms with E-state index in [9.17, 15) is 0 Å². The third kappa shape index (κ3) is 9.06. The van der Waals surface area contributed by atoms with Gasteiger partial charge in [0.1, 0.15) is 0 Å². The zero-order valence-electron chi connectivity index (χ0n) is 10.4. The minimum atomic E-state index is 0.156. The summed E-state index contributed by atoms with van der Waals surface area (Å²) in [6.07, 6.45) is 3.13. The molecule has 5 nitrogen and oxygen atoms in total. The van der Waals surface area contributed by atoms with Gasteiger partial charge in [0, 0.05) is 13.2 Å². The fourth-order valence-electron chi connectivity index (χ4n) is 1.07. The Bertz CT molecular complexity index is 132. The number of hydrogen-bond acceptors (Lipinski definition) is 5. The van der Waals surface area contributed by atoms with Crippen LogP contribution in [0.3, 0.4) is 0 Å². The molecule has 0 fully saturated rings. The molecular formula is C11H25NO4. The lowest BCUT2D eigenvalue weighted by molar-refractivity contribution is -0.384. The van der Waals surface area contributed by atoms with Gasteiger partial charge >= 0.3 is 0 Å². The van der Waals surface area contributed by atoms with Crippen molar-refractivity contribution >= 4 is 0 Å². The van der Waals surface area contributed by atoms with E-state index < -0.39 is 0 Å². The van der Waals surface area contributed by atoms with Crippen molar-refractivity contribution in [3.8, 4) is 0 Å². The van der Waals surface area contributed by atoms with Crippen LogP contribution in [0, 0.1) is 0 Å². The van der Waals surface area contributed by atoms with E-state index in [1.54, 1.807) is 0 Å². The molecule has 0 bridgehead atoms. The number of aliphatic hydroxyl groups is 2. The van der Waals surface area contributed by atoms with Crippen LogP contribution in [0.2, 0.25) is 0 Å². The summed E-state index contributed by atoms with van der Waals surface area (Å²) in [5.74, 6) is 0. The molecule has 5 heteroatoms. The van der Waals surface area contributed by atoms with Crippen LogP contribution in [-0.4, -0.2) is 47.9 Å². The van der Waals surface area contributed by atoms with Gasteiger partial charge in [-0.25, -0.2) is 0 Å². The number of aliphatic hydroxyl groups excluding tert-OH is 2. The molecule has 0 aromatic carbocycles. The Morgan fingerprint density at radius 2 is 1.31 bits per heavy atom. The molecular weight excluding hydrogens is 210 g/mol. The highest BCUT2D eigenvalue weighted by Crippen LogP contribution is 2.03. The van der Waals surface area contributed by atoms with Gasteiger partial charge in [-0.2, -0.15) is 0 Å². The van der Waals surface area contributed by atoms with Crippen LogP contribution in [0.4, 0.5) is 0 Å². The van der Waals surface area contributed by atoms with E-state index in [1.165, 1.54) is 5.23 Å². The van der Waals surface area contributed by atoms with E-state index >= 15 is 0 Å². The molecule has 2 N–H and O–H groups in total. The Labute approximate surface area is 97.9 Å². The molecule has 0 rings (SSSR count). The maximum atomic E-state index is 8.62. The predicted molar refractivity (Wildman–Crippen MR) is 61.5 cm³/mol. The summed E-state index contributed by atoms with van der Waals surface area (Å²) in [6.45, 7) is 5.47. The van der Waals surface area contributed by atoms with Crippen LogP contribution in [0.15, 0.2) is 0 Å². The van der Waals surface area contributed by atoms with Crippen molar-refractivity contribution in [3.05, 3.63) is 0 Å². The molecule has 0 amide bonds. The van der Waals surface area contributed by atoms with Gasteiger partial charge < -0.3 is 10.2 Å². The quantitative estimate of drug-likeness (QED) is 0.415. The van der Waals surface area contributed by atoms with Gasteiger partial charge in [-0.3, -0.25) is 9.68 Å². The summed E-state index contributed by atoms with van der Waals surface area (Å²) in [6, 6.07) is 0.156. The van der Waals surface area contributed by atoms with E-state index in [0.717, 1.165) is 25.7 Å². The van der Waals surface area contributed by atoms with Gasteiger partial charge in [0.2, 0.25) is 0 Å². The average Bonchev–Trinajstić information content (AvgIpc) is 2.26. The van der Waals surface area contributed by atoms with E-state index in [1.807, 2.05) is 13.8 Å². The number of nitrogens with zero attached hydrogens (tertiary/aromatic N) is 1. The zero-order valence-corrected chi connectivity index (χ0v) is 10.4. The van der Waals surface area contributed by atoms with Gasteiger partial charge in [0.15, 0.2) is 0 Å². The molecule has 0 spiro atoms. The molecule has 0 saturated carbocycles. The molecule has 0 unspecified atom stereocenters. The SMILES string of the molecule is CC(C)N(OCCCCO)OCCCCO. The largest absolute Gasteiger partial charge is 0.396 e. The van der Waals surface area contributed by atoms with Crippen molar-refractivity contribution in [2.45, 2.75) is 45.6 Å². The van der Waals surface area contributed by atoms with E-state index in [2.05, 4.69) is 0 Å². The van der Waals surface area contributed by atoms with Gasteiger partial charge in [0.25, 0.3) is 0 Å². The minimum absolute atomic E-state index is 0.156. The molecule has 0 atom stereocenters. The highest BCUT2D eigenvalue weighted by atomic mass is 16.9. The summed E-state index contributed by atoms with van der Waals surface area (Å²) >= 11 is 0. The molecule has 0 aliphatic carbocycles. The molecule has 0 saturated heterocycles. The molecule has 98 valence electrons. The number of rotatable bonds is 11. The first-order chi connectivity index (χ1) is 7.72. The molecule has 0 aliphatic heterocycles. The fourth-order valence-corrected chi connectivity index (χ4v) is 1.07. The second-order valence-corrected chi connectivity index (χ2v) is 3.91. The Hall–Kier alpha value is -0.200. The van der Waals surface area contributed by atoms with Crippen LogP contribution in [0.1, 0.15) is 39.5 Å². The Morgan fingerprint density at radius 1 is 0.875 bits per heavy atom. The maximum Gasteiger partial charge on any atom is 0.0712 e. The van der Waals surface area contributed by atoms with Crippen LogP contribution in [0.5, 0.6) is 0 Å². The topological polar surface area (TPSA) is 62.2 Å². The van der Waals surface area contributed by atoms with Crippen molar-refractivity contribution in [1.82, 2.24) is 5.23 Å². The zero-order chi connectivity index (χ0) is 12.2. The summed E-state index contributed by atoms with van der Waals surface area (Å²) < 4.78 is 0. The standard InChI is InChI=1S/C11H25NO4/c1-11(2)12(15-9-5-3-7-13)16-10-6-4-8-14/h11,13-14H,3-10H2,1-2H3. The summed E-state index contributed by atoms with van der Waals surface area (Å²) in [5.41, 5.74) is 0. The van der Waals surface area contributed by atoms with Crippen molar-refractivity contribution in [2.24, 2.45) is 0 Å². The lowest BCUT2D eigenvalue weighted by atomic mass is 10.3. The first kappa shape index (κ1) is 15.8. The highest BCUT2D eigenvalue weighted by Gasteiger charge is 2.10. The van der Waals surface area contributed by atoms with Gasteiger partial charge in [-0.05, 0) is 39.5 Å².